The van der Waals surface area contributed by atoms with Gasteiger partial charge in [0.1, 0.15) is 5.75 Å². The van der Waals surface area contributed by atoms with Gasteiger partial charge in [0.2, 0.25) is 0 Å². The van der Waals surface area contributed by atoms with Crippen molar-refractivity contribution >= 4 is 23.5 Å². The second kappa shape index (κ2) is 10.4. The molecule has 2 N–H and O–H groups in total. The molecule has 144 valence electrons. The maximum Gasteiger partial charge on any atom is 0.337 e. The first kappa shape index (κ1) is 20.6. The Morgan fingerprint density at radius 1 is 1.11 bits per heavy atom. The smallest absolute Gasteiger partial charge is 0.337 e. The van der Waals surface area contributed by atoms with Gasteiger partial charge in [-0.05, 0) is 41.8 Å². The van der Waals surface area contributed by atoms with Crippen LogP contribution in [0.4, 0.5) is 0 Å². The topological polar surface area (TPSA) is 72.0 Å². The number of hydrogen-bond donors (Lipinski definition) is 2. The number of ether oxygens (including phenoxy) is 2. The van der Waals surface area contributed by atoms with Gasteiger partial charge in [-0.1, -0.05) is 29.8 Å². The third kappa shape index (κ3) is 6.18. The number of carbonyl (C=O) groups excluding carboxylic acids is 1. The highest BCUT2D eigenvalue weighted by atomic mass is 35.5. The van der Waals surface area contributed by atoms with Gasteiger partial charge in [-0.3, -0.25) is 4.99 Å². The molecule has 0 fully saturated rings. The Hall–Kier alpha value is -2.73. The van der Waals surface area contributed by atoms with Crippen molar-refractivity contribution in [3.8, 4) is 5.75 Å². The Labute approximate surface area is 164 Å². The number of methoxy groups -OCH3 is 2. The van der Waals surface area contributed by atoms with E-state index in [0.717, 1.165) is 23.3 Å². The van der Waals surface area contributed by atoms with Gasteiger partial charge in [0, 0.05) is 25.2 Å². The number of nitrogens with one attached hydrogen (secondary N) is 2. The monoisotopic (exact) mass is 389 g/mol. The Morgan fingerprint density at radius 2 is 1.85 bits per heavy atom. The van der Waals surface area contributed by atoms with Crippen LogP contribution in [0.25, 0.3) is 0 Å². The molecule has 0 radical (unpaired) electrons. The molecule has 0 spiro atoms. The highest BCUT2D eigenvalue weighted by Gasteiger charge is 2.06. The zero-order chi connectivity index (χ0) is 19.6. The average molecular weight is 390 g/mol. The fraction of sp³-hybridized carbons (Fsp3) is 0.300. The summed E-state index contributed by atoms with van der Waals surface area (Å²) in [4.78, 5) is 15.7. The van der Waals surface area contributed by atoms with Crippen molar-refractivity contribution in [2.75, 3.05) is 27.8 Å². The minimum absolute atomic E-state index is 0.343. The summed E-state index contributed by atoms with van der Waals surface area (Å²) in [7, 11) is 4.70. The number of hydrogen-bond acceptors (Lipinski definition) is 4. The molecule has 7 heteroatoms. The first-order valence-electron chi connectivity index (χ1n) is 8.51. The molecule has 0 aliphatic heterocycles. The fourth-order valence-electron chi connectivity index (χ4n) is 2.46. The maximum atomic E-state index is 11.4. The number of aliphatic imine (C=N–C) groups is 1. The summed E-state index contributed by atoms with van der Waals surface area (Å²) in [5.74, 6) is 1.09. The van der Waals surface area contributed by atoms with Gasteiger partial charge in [0.25, 0.3) is 0 Å². The van der Waals surface area contributed by atoms with Gasteiger partial charge < -0.3 is 20.1 Å². The Kier molecular flexibility index (Phi) is 7.95. The zero-order valence-corrected chi connectivity index (χ0v) is 16.5. The summed E-state index contributed by atoms with van der Waals surface area (Å²) < 4.78 is 9.85. The van der Waals surface area contributed by atoms with Crippen LogP contribution < -0.4 is 15.4 Å². The van der Waals surface area contributed by atoms with Crippen molar-refractivity contribution in [3.63, 3.8) is 0 Å². The molecule has 0 heterocycles. The van der Waals surface area contributed by atoms with Crippen LogP contribution in [0.15, 0.2) is 47.5 Å². The van der Waals surface area contributed by atoms with Crippen LogP contribution in [0.1, 0.15) is 21.5 Å². The SMILES string of the molecule is CN=C(NCCc1ccc(OC)cc1Cl)NCc1ccc(C(=O)OC)cc1. The minimum atomic E-state index is -0.343. The van der Waals surface area contributed by atoms with Crippen molar-refractivity contribution in [1.29, 1.82) is 0 Å². The van der Waals surface area contributed by atoms with Crippen molar-refractivity contribution in [1.82, 2.24) is 10.6 Å². The van der Waals surface area contributed by atoms with E-state index in [4.69, 9.17) is 21.1 Å². The molecule has 0 unspecified atom stereocenters. The minimum Gasteiger partial charge on any atom is -0.497 e. The predicted molar refractivity (Wildman–Crippen MR) is 108 cm³/mol. The van der Waals surface area contributed by atoms with E-state index in [0.29, 0.717) is 29.6 Å². The third-order valence-electron chi connectivity index (χ3n) is 4.01. The van der Waals surface area contributed by atoms with Gasteiger partial charge in [0.05, 0.1) is 19.8 Å². The normalized spacial score (nSPS) is 11.0. The lowest BCUT2D eigenvalue weighted by atomic mass is 10.1. The van der Waals surface area contributed by atoms with Crippen LogP contribution in [0.3, 0.4) is 0 Å². The number of carbonyl (C=O) groups is 1. The van der Waals surface area contributed by atoms with Gasteiger partial charge >= 0.3 is 5.97 Å². The van der Waals surface area contributed by atoms with Gasteiger partial charge in [-0.2, -0.15) is 0 Å². The lowest BCUT2D eigenvalue weighted by Crippen LogP contribution is -2.37. The molecule has 0 saturated carbocycles. The molecule has 2 aromatic carbocycles. The molecule has 0 amide bonds. The van der Waals surface area contributed by atoms with E-state index in [2.05, 4.69) is 15.6 Å². The van der Waals surface area contributed by atoms with Crippen molar-refractivity contribution in [3.05, 3.63) is 64.2 Å². The van der Waals surface area contributed by atoms with Crippen LogP contribution in [-0.2, 0) is 17.7 Å². The lowest BCUT2D eigenvalue weighted by molar-refractivity contribution is 0.0600. The molecule has 0 aliphatic carbocycles. The summed E-state index contributed by atoms with van der Waals surface area (Å²) in [5.41, 5.74) is 2.60. The van der Waals surface area contributed by atoms with Crippen molar-refractivity contribution in [2.24, 2.45) is 4.99 Å². The number of nitrogens with zero attached hydrogens (tertiary/aromatic N) is 1. The van der Waals surface area contributed by atoms with E-state index in [1.165, 1.54) is 7.11 Å². The summed E-state index contributed by atoms with van der Waals surface area (Å²) in [6.07, 6.45) is 0.761. The van der Waals surface area contributed by atoms with Crippen molar-refractivity contribution in [2.45, 2.75) is 13.0 Å². The van der Waals surface area contributed by atoms with Crippen LogP contribution in [0.2, 0.25) is 5.02 Å². The fourth-order valence-corrected chi connectivity index (χ4v) is 2.72. The molecular formula is C20H24ClN3O3. The first-order chi connectivity index (χ1) is 13.1. The molecule has 2 rings (SSSR count). The molecule has 0 aromatic heterocycles. The number of benzene rings is 2. The molecule has 0 atom stereocenters. The number of guanidine groups is 1. The molecule has 0 bridgehead atoms. The summed E-state index contributed by atoms with van der Waals surface area (Å²) in [6.45, 7) is 1.28. The summed E-state index contributed by atoms with van der Waals surface area (Å²) in [6, 6.07) is 12.9. The largest absolute Gasteiger partial charge is 0.497 e. The highest BCUT2D eigenvalue weighted by molar-refractivity contribution is 6.31. The van der Waals surface area contributed by atoms with Gasteiger partial charge in [-0.25, -0.2) is 4.79 Å². The van der Waals surface area contributed by atoms with Crippen LogP contribution in [0, 0.1) is 0 Å². The van der Waals surface area contributed by atoms with Crippen LogP contribution in [-0.4, -0.2) is 39.7 Å². The average Bonchev–Trinajstić information content (AvgIpc) is 2.71. The quantitative estimate of drug-likeness (QED) is 0.432. The van der Waals surface area contributed by atoms with Crippen LogP contribution >= 0.6 is 11.6 Å². The van der Waals surface area contributed by atoms with Gasteiger partial charge in [0.15, 0.2) is 5.96 Å². The van der Waals surface area contributed by atoms with E-state index in [-0.39, 0.29) is 5.97 Å². The third-order valence-corrected chi connectivity index (χ3v) is 4.36. The van der Waals surface area contributed by atoms with Gasteiger partial charge in [-0.15, -0.1) is 0 Å². The van der Waals surface area contributed by atoms with E-state index >= 15 is 0 Å². The van der Waals surface area contributed by atoms with E-state index in [9.17, 15) is 4.79 Å². The number of halogens is 1. The molecular weight excluding hydrogens is 366 g/mol. The van der Waals surface area contributed by atoms with E-state index in [1.54, 1.807) is 26.3 Å². The summed E-state index contributed by atoms with van der Waals surface area (Å²) in [5, 5.41) is 7.18. The zero-order valence-electron chi connectivity index (χ0n) is 15.7. The standard InChI is InChI=1S/C20H24ClN3O3/c1-22-20(23-11-10-15-8-9-17(26-2)12-18(15)21)24-13-14-4-6-16(7-5-14)19(25)27-3/h4-9,12H,10-11,13H2,1-3H3,(H2,22,23,24). The second-order valence-electron chi connectivity index (χ2n) is 5.75. The molecule has 2 aromatic rings. The number of rotatable bonds is 7. The second-order valence-corrected chi connectivity index (χ2v) is 6.16. The van der Waals surface area contributed by atoms with E-state index < -0.39 is 0 Å². The lowest BCUT2D eigenvalue weighted by Gasteiger charge is -2.13. The Morgan fingerprint density at radius 3 is 2.44 bits per heavy atom. The van der Waals surface area contributed by atoms with E-state index in [1.807, 2.05) is 30.3 Å². The molecule has 0 aliphatic rings. The molecule has 0 saturated heterocycles. The maximum absolute atomic E-state index is 11.4. The first-order valence-corrected chi connectivity index (χ1v) is 8.89. The molecule has 6 nitrogen and oxygen atoms in total. The Balaban J connectivity index is 1.81. The Bertz CT molecular complexity index is 792. The predicted octanol–water partition coefficient (Wildman–Crippen LogP) is 3.04. The number of esters is 1. The van der Waals surface area contributed by atoms with Crippen LogP contribution in [0.5, 0.6) is 5.75 Å². The molecule has 27 heavy (non-hydrogen) atoms. The summed E-state index contributed by atoms with van der Waals surface area (Å²) >= 11 is 6.26. The van der Waals surface area contributed by atoms with Crippen molar-refractivity contribution < 1.29 is 14.3 Å². The highest BCUT2D eigenvalue weighted by Crippen LogP contribution is 2.22.